The summed E-state index contributed by atoms with van der Waals surface area (Å²) in [5.41, 5.74) is 2.80. The molecule has 1 saturated carbocycles. The Bertz CT molecular complexity index is 423. The number of rotatable bonds is 0. The van der Waals surface area contributed by atoms with Gasteiger partial charge >= 0.3 is 0 Å². The van der Waals surface area contributed by atoms with Crippen molar-refractivity contribution in [1.29, 1.82) is 0 Å². The molecule has 1 N–H and O–H groups in total. The van der Waals surface area contributed by atoms with Crippen molar-refractivity contribution < 1.29 is 0 Å². The minimum Gasteiger partial charge on any atom is -0.349 e. The first kappa shape index (κ1) is 8.86. The normalized spacial score (nSPS) is 21.6. The third-order valence-electron chi connectivity index (χ3n) is 3.39. The summed E-state index contributed by atoms with van der Waals surface area (Å²) in [6, 6.07) is 6.42. The summed E-state index contributed by atoms with van der Waals surface area (Å²) in [6.07, 6.45) is 3.73. The van der Waals surface area contributed by atoms with Gasteiger partial charge in [-0.2, -0.15) is 0 Å². The minimum absolute atomic E-state index is 0.200. The molecule has 2 aliphatic rings. The van der Waals surface area contributed by atoms with E-state index in [0.29, 0.717) is 0 Å². The monoisotopic (exact) mass is 267 g/mol. The van der Waals surface area contributed by atoms with Crippen LogP contribution in [0.3, 0.4) is 0 Å². The van der Waals surface area contributed by atoms with E-state index in [1.807, 2.05) is 0 Å². The first-order valence-corrected chi connectivity index (χ1v) is 6.04. The number of benzene rings is 1. The van der Waals surface area contributed by atoms with Gasteiger partial charge in [0.15, 0.2) is 0 Å². The van der Waals surface area contributed by atoms with E-state index in [0.717, 1.165) is 9.46 Å². The van der Waals surface area contributed by atoms with Crippen molar-refractivity contribution in [3.8, 4) is 0 Å². The molecule has 0 atom stereocenters. The van der Waals surface area contributed by atoms with E-state index in [4.69, 9.17) is 12.2 Å². The number of anilines is 1. The van der Waals surface area contributed by atoms with E-state index in [-0.39, 0.29) is 5.41 Å². The van der Waals surface area contributed by atoms with Gasteiger partial charge in [-0.25, -0.2) is 0 Å². The predicted molar refractivity (Wildman–Crippen MR) is 65.9 cm³/mol. The third-order valence-corrected chi connectivity index (χ3v) is 4.37. The van der Waals surface area contributed by atoms with Crippen LogP contribution >= 0.6 is 28.1 Å². The highest BCUT2D eigenvalue weighted by molar-refractivity contribution is 9.10. The van der Waals surface area contributed by atoms with Crippen LogP contribution in [0, 0.1) is 0 Å². The van der Waals surface area contributed by atoms with Gasteiger partial charge in [-0.3, -0.25) is 0 Å². The third kappa shape index (κ3) is 0.971. The summed E-state index contributed by atoms with van der Waals surface area (Å²) >= 11 is 8.91. The van der Waals surface area contributed by atoms with Crippen molar-refractivity contribution in [2.24, 2.45) is 0 Å². The van der Waals surface area contributed by atoms with E-state index in [2.05, 4.69) is 39.4 Å². The largest absolute Gasteiger partial charge is 0.349 e. The number of fused-ring (bicyclic) bond motifs is 2. The van der Waals surface area contributed by atoms with Crippen LogP contribution < -0.4 is 5.32 Å². The second kappa shape index (κ2) is 2.80. The van der Waals surface area contributed by atoms with Gasteiger partial charge in [-0.05, 0) is 30.5 Å². The van der Waals surface area contributed by atoms with Crippen LogP contribution in [0.5, 0.6) is 0 Å². The molecule has 1 heterocycles. The smallest absolute Gasteiger partial charge is 0.0905 e. The summed E-state index contributed by atoms with van der Waals surface area (Å²) in [6.45, 7) is 0. The number of halogens is 1. The van der Waals surface area contributed by atoms with Crippen molar-refractivity contribution >= 4 is 38.8 Å². The van der Waals surface area contributed by atoms with Gasteiger partial charge in [0.2, 0.25) is 0 Å². The number of nitrogens with one attached hydrogen (secondary N) is 1. The molecule has 72 valence electrons. The van der Waals surface area contributed by atoms with E-state index in [1.165, 1.54) is 30.5 Å². The molecule has 3 heteroatoms. The van der Waals surface area contributed by atoms with E-state index >= 15 is 0 Å². The zero-order valence-electron chi connectivity index (χ0n) is 7.64. The fourth-order valence-electron chi connectivity index (χ4n) is 2.43. The molecule has 0 amide bonds. The molecule has 1 spiro atoms. The van der Waals surface area contributed by atoms with Gasteiger partial charge in [0.1, 0.15) is 0 Å². The summed E-state index contributed by atoms with van der Waals surface area (Å²) in [7, 11) is 0. The molecule has 1 fully saturated rings. The first-order valence-electron chi connectivity index (χ1n) is 4.84. The maximum absolute atomic E-state index is 5.43. The zero-order chi connectivity index (χ0) is 9.76. The fraction of sp³-hybridized carbons (Fsp3) is 0.364. The van der Waals surface area contributed by atoms with E-state index < -0.39 is 0 Å². The standard InChI is InChI=1S/C11H10BrNS/c12-7-2-3-8-9(6-7)13-10(14)11(8)4-1-5-11/h2-3,6H,1,4-5H2,(H,13,14). The average molecular weight is 268 g/mol. The highest BCUT2D eigenvalue weighted by atomic mass is 79.9. The van der Waals surface area contributed by atoms with Gasteiger partial charge in [0, 0.05) is 15.6 Å². The van der Waals surface area contributed by atoms with Crippen LogP contribution in [-0.4, -0.2) is 4.99 Å². The van der Waals surface area contributed by atoms with Crippen LogP contribution in [0.2, 0.25) is 0 Å². The zero-order valence-corrected chi connectivity index (χ0v) is 10.0. The lowest BCUT2D eigenvalue weighted by atomic mass is 9.66. The van der Waals surface area contributed by atoms with Crippen molar-refractivity contribution in [2.75, 3.05) is 5.32 Å². The molecule has 0 bridgehead atoms. The van der Waals surface area contributed by atoms with Gasteiger partial charge in [-0.15, -0.1) is 0 Å². The number of hydrogen-bond donors (Lipinski definition) is 1. The molecule has 0 unspecified atom stereocenters. The second-order valence-corrected chi connectivity index (χ2v) is 5.40. The summed E-state index contributed by atoms with van der Waals surface area (Å²) in [5.74, 6) is 0. The Morgan fingerprint density at radius 1 is 1.36 bits per heavy atom. The van der Waals surface area contributed by atoms with Crippen molar-refractivity contribution in [2.45, 2.75) is 24.7 Å². The Morgan fingerprint density at radius 2 is 2.14 bits per heavy atom. The van der Waals surface area contributed by atoms with E-state index in [9.17, 15) is 0 Å². The maximum atomic E-state index is 5.43. The Labute approximate surface area is 97.0 Å². The lowest BCUT2D eigenvalue weighted by Gasteiger charge is -2.38. The Kier molecular flexibility index (Phi) is 1.77. The number of hydrogen-bond acceptors (Lipinski definition) is 1. The van der Waals surface area contributed by atoms with E-state index in [1.54, 1.807) is 0 Å². The lowest BCUT2D eigenvalue weighted by molar-refractivity contribution is 0.351. The fourth-order valence-corrected chi connectivity index (χ4v) is 3.21. The van der Waals surface area contributed by atoms with Gasteiger partial charge in [0.05, 0.1) is 4.99 Å². The van der Waals surface area contributed by atoms with Gasteiger partial charge in [0.25, 0.3) is 0 Å². The van der Waals surface area contributed by atoms with Crippen molar-refractivity contribution in [3.05, 3.63) is 28.2 Å². The minimum atomic E-state index is 0.200. The molecular weight excluding hydrogens is 258 g/mol. The molecule has 1 aromatic carbocycles. The van der Waals surface area contributed by atoms with Crippen LogP contribution in [0.4, 0.5) is 5.69 Å². The first-order chi connectivity index (χ1) is 6.72. The Hall–Kier alpha value is -0.410. The van der Waals surface area contributed by atoms with Crippen molar-refractivity contribution in [3.63, 3.8) is 0 Å². The summed E-state index contributed by atoms with van der Waals surface area (Å²) in [5, 5.41) is 3.33. The molecule has 14 heavy (non-hydrogen) atoms. The molecule has 3 rings (SSSR count). The average Bonchev–Trinajstić information content (AvgIpc) is 2.34. The molecule has 0 saturated heterocycles. The van der Waals surface area contributed by atoms with Gasteiger partial charge < -0.3 is 5.32 Å². The second-order valence-electron chi connectivity index (χ2n) is 4.08. The molecule has 1 nitrogen and oxygen atoms in total. The molecule has 0 radical (unpaired) electrons. The van der Waals surface area contributed by atoms with Crippen molar-refractivity contribution in [1.82, 2.24) is 0 Å². The quantitative estimate of drug-likeness (QED) is 0.721. The maximum Gasteiger partial charge on any atom is 0.0905 e. The summed E-state index contributed by atoms with van der Waals surface area (Å²) < 4.78 is 1.11. The van der Waals surface area contributed by atoms with Crippen LogP contribution in [0.1, 0.15) is 24.8 Å². The Morgan fingerprint density at radius 3 is 2.79 bits per heavy atom. The summed E-state index contributed by atoms with van der Waals surface area (Å²) in [4.78, 5) is 1.02. The lowest BCUT2D eigenvalue weighted by Crippen LogP contribution is -2.39. The SMILES string of the molecule is S=C1Nc2cc(Br)ccc2C12CCC2. The highest BCUT2D eigenvalue weighted by Crippen LogP contribution is 2.51. The predicted octanol–water partition coefficient (Wildman–Crippen LogP) is 3.62. The van der Waals surface area contributed by atoms with Gasteiger partial charge in [-0.1, -0.05) is 40.6 Å². The molecule has 0 aromatic heterocycles. The molecular formula is C11H10BrNS. The molecule has 1 aromatic rings. The van der Waals surface area contributed by atoms with Crippen LogP contribution in [0.25, 0.3) is 0 Å². The van der Waals surface area contributed by atoms with Crippen LogP contribution in [-0.2, 0) is 5.41 Å². The highest BCUT2D eigenvalue weighted by Gasteiger charge is 2.47. The molecule has 1 aliphatic carbocycles. The Balaban J connectivity index is 2.18. The topological polar surface area (TPSA) is 12.0 Å². The number of thiocarbonyl (C=S) groups is 1. The van der Waals surface area contributed by atoms with Crippen LogP contribution in [0.15, 0.2) is 22.7 Å². The molecule has 1 aliphatic heterocycles.